The minimum absolute atomic E-state index is 0.0446. The van der Waals surface area contributed by atoms with E-state index in [4.69, 9.17) is 4.74 Å². The van der Waals surface area contributed by atoms with Gasteiger partial charge in [-0.15, -0.1) is 0 Å². The van der Waals surface area contributed by atoms with Crippen molar-refractivity contribution in [3.63, 3.8) is 0 Å². The zero-order valence-corrected chi connectivity index (χ0v) is 18.0. The smallest absolute Gasteiger partial charge is 0.316 e. The molecule has 1 aromatic carbocycles. The number of aliphatic hydroxyl groups excluding tert-OH is 1. The minimum atomic E-state index is -1.40. The predicted molar refractivity (Wildman–Crippen MR) is 107 cm³/mol. The fraction of sp³-hybridized carbons (Fsp3) is 0.571. The van der Waals surface area contributed by atoms with Gasteiger partial charge in [0.2, 0.25) is 0 Å². The highest BCUT2D eigenvalue weighted by Crippen LogP contribution is 2.15. The number of hydrogen-bond donors (Lipinski definition) is 1. The number of ether oxygens (including phenoxy) is 1. The first-order chi connectivity index (χ1) is 12.9. The molecule has 1 rings (SSSR count). The third kappa shape index (κ3) is 8.89. The van der Waals surface area contributed by atoms with Gasteiger partial charge < -0.3 is 9.84 Å². The SMILES string of the molecule is Cc1ccc([S@](=O)C[C@@H](O)CC(=O)CCC(=O)C(C)C(=O)OC(C)(C)C)cc1. The molecule has 0 fully saturated rings. The Bertz CT molecular complexity index is 717. The van der Waals surface area contributed by atoms with Gasteiger partial charge in [0.05, 0.1) is 22.7 Å². The Morgan fingerprint density at radius 2 is 1.68 bits per heavy atom. The highest BCUT2D eigenvalue weighted by Gasteiger charge is 2.27. The molecule has 1 N–H and O–H groups in total. The van der Waals surface area contributed by atoms with E-state index in [0.29, 0.717) is 4.90 Å². The third-order valence-electron chi connectivity index (χ3n) is 3.98. The fourth-order valence-corrected chi connectivity index (χ4v) is 3.48. The maximum absolute atomic E-state index is 12.2. The topological polar surface area (TPSA) is 97.7 Å². The molecule has 0 aromatic heterocycles. The van der Waals surface area contributed by atoms with E-state index in [9.17, 15) is 23.7 Å². The van der Waals surface area contributed by atoms with Gasteiger partial charge in [0.15, 0.2) is 0 Å². The Kier molecular flexibility index (Phi) is 9.17. The molecule has 0 aliphatic rings. The van der Waals surface area contributed by atoms with Crippen LogP contribution >= 0.6 is 0 Å². The van der Waals surface area contributed by atoms with Crippen molar-refractivity contribution in [2.75, 3.05) is 5.75 Å². The molecule has 0 spiro atoms. The third-order valence-corrected chi connectivity index (χ3v) is 5.47. The van der Waals surface area contributed by atoms with E-state index in [1.165, 1.54) is 6.92 Å². The number of rotatable bonds is 10. The second-order valence-electron chi connectivity index (χ2n) is 7.94. The van der Waals surface area contributed by atoms with Crippen molar-refractivity contribution < 1.29 is 28.4 Å². The number of esters is 1. The van der Waals surface area contributed by atoms with E-state index in [0.717, 1.165) is 5.56 Å². The van der Waals surface area contributed by atoms with Crippen molar-refractivity contribution >= 4 is 28.3 Å². The number of ketones is 2. The van der Waals surface area contributed by atoms with Gasteiger partial charge in [0.25, 0.3) is 0 Å². The van der Waals surface area contributed by atoms with Gasteiger partial charge in [-0.1, -0.05) is 17.7 Å². The molecule has 0 aliphatic carbocycles. The van der Waals surface area contributed by atoms with Gasteiger partial charge in [0, 0.05) is 24.2 Å². The number of aliphatic hydroxyl groups is 1. The van der Waals surface area contributed by atoms with E-state index in [1.54, 1.807) is 32.9 Å². The fourth-order valence-electron chi connectivity index (χ4n) is 2.39. The molecule has 0 saturated heterocycles. The van der Waals surface area contributed by atoms with E-state index < -0.39 is 34.4 Å². The van der Waals surface area contributed by atoms with Crippen molar-refractivity contribution in [2.24, 2.45) is 5.92 Å². The Morgan fingerprint density at radius 1 is 1.11 bits per heavy atom. The van der Waals surface area contributed by atoms with Gasteiger partial charge in [-0.2, -0.15) is 0 Å². The average Bonchev–Trinajstić information content (AvgIpc) is 2.57. The van der Waals surface area contributed by atoms with Crippen LogP contribution in [0.25, 0.3) is 0 Å². The second-order valence-corrected chi connectivity index (χ2v) is 9.44. The lowest BCUT2D eigenvalue weighted by atomic mass is 9.99. The first-order valence-corrected chi connectivity index (χ1v) is 10.6. The summed E-state index contributed by atoms with van der Waals surface area (Å²) in [4.78, 5) is 36.6. The number of carbonyl (C=O) groups excluding carboxylic acids is 3. The molecule has 0 amide bonds. The zero-order valence-electron chi connectivity index (χ0n) is 17.2. The van der Waals surface area contributed by atoms with E-state index >= 15 is 0 Å². The quantitative estimate of drug-likeness (QED) is 0.470. The first kappa shape index (κ1) is 24.2. The molecule has 28 heavy (non-hydrogen) atoms. The van der Waals surface area contributed by atoms with Crippen molar-refractivity contribution in [1.29, 1.82) is 0 Å². The van der Waals surface area contributed by atoms with Crippen LogP contribution in [0.2, 0.25) is 0 Å². The Hall–Kier alpha value is -1.86. The number of Topliss-reactive ketones (excluding diaryl/α,β-unsaturated/α-hetero) is 2. The number of aryl methyl sites for hydroxylation is 1. The lowest BCUT2D eigenvalue weighted by molar-refractivity contribution is -0.161. The van der Waals surface area contributed by atoms with Crippen LogP contribution in [0.3, 0.4) is 0 Å². The molecule has 0 saturated carbocycles. The summed E-state index contributed by atoms with van der Waals surface area (Å²) in [5.41, 5.74) is 0.361. The summed E-state index contributed by atoms with van der Waals surface area (Å²) < 4.78 is 17.4. The zero-order chi connectivity index (χ0) is 21.5. The maximum atomic E-state index is 12.2. The molecule has 156 valence electrons. The monoisotopic (exact) mass is 410 g/mol. The molecular weight excluding hydrogens is 380 g/mol. The van der Waals surface area contributed by atoms with E-state index in [2.05, 4.69) is 0 Å². The summed E-state index contributed by atoms with van der Waals surface area (Å²) in [5.74, 6) is -2.28. The molecule has 3 atom stereocenters. The summed E-state index contributed by atoms with van der Waals surface area (Å²) in [6.07, 6.45) is -1.38. The number of hydrogen-bond acceptors (Lipinski definition) is 6. The molecule has 1 unspecified atom stereocenters. The van der Waals surface area contributed by atoms with Crippen molar-refractivity contribution in [1.82, 2.24) is 0 Å². The second kappa shape index (κ2) is 10.6. The Labute approximate surface area is 169 Å². The maximum Gasteiger partial charge on any atom is 0.316 e. The molecule has 0 aliphatic heterocycles. The van der Waals surface area contributed by atoms with Crippen LogP contribution in [0.1, 0.15) is 52.5 Å². The van der Waals surface area contributed by atoms with Crippen molar-refractivity contribution in [3.8, 4) is 0 Å². The predicted octanol–water partition coefficient (Wildman–Crippen LogP) is 2.75. The molecule has 1 aromatic rings. The Morgan fingerprint density at radius 3 is 2.21 bits per heavy atom. The van der Waals surface area contributed by atoms with Crippen LogP contribution in [-0.4, -0.2) is 44.3 Å². The average molecular weight is 411 g/mol. The van der Waals surface area contributed by atoms with Crippen LogP contribution in [0.4, 0.5) is 0 Å². The van der Waals surface area contributed by atoms with Gasteiger partial charge >= 0.3 is 5.97 Å². The lowest BCUT2D eigenvalue weighted by Gasteiger charge is -2.21. The summed E-state index contributed by atoms with van der Waals surface area (Å²) in [6.45, 7) is 8.53. The Balaban J connectivity index is 2.42. The summed E-state index contributed by atoms with van der Waals surface area (Å²) >= 11 is 0. The van der Waals surface area contributed by atoms with Crippen molar-refractivity contribution in [2.45, 2.75) is 70.5 Å². The molecule has 7 heteroatoms. The van der Waals surface area contributed by atoms with Crippen LogP contribution in [0.5, 0.6) is 0 Å². The van der Waals surface area contributed by atoms with Crippen molar-refractivity contribution in [3.05, 3.63) is 29.8 Å². The largest absolute Gasteiger partial charge is 0.459 e. The van der Waals surface area contributed by atoms with Gasteiger partial charge in [-0.3, -0.25) is 18.6 Å². The van der Waals surface area contributed by atoms with Crippen LogP contribution in [-0.2, 0) is 29.9 Å². The van der Waals surface area contributed by atoms with E-state index in [1.807, 2.05) is 19.1 Å². The standard InChI is InChI=1S/C21H30O6S/c1-14-6-9-18(10-7-14)28(26)13-17(23)12-16(22)8-11-19(24)15(2)20(25)27-21(3,4)5/h6-7,9-10,15,17,23H,8,11-13H2,1-5H3/t15?,17-,28+/m0/s1. The summed E-state index contributed by atoms with van der Waals surface area (Å²) in [6, 6.07) is 7.14. The highest BCUT2D eigenvalue weighted by atomic mass is 32.2. The summed E-state index contributed by atoms with van der Waals surface area (Å²) in [5, 5.41) is 10.0. The normalized spacial score (nSPS) is 14.8. The van der Waals surface area contributed by atoms with Gasteiger partial charge in [-0.25, -0.2) is 0 Å². The molecule has 0 radical (unpaired) electrons. The van der Waals surface area contributed by atoms with Crippen LogP contribution in [0.15, 0.2) is 29.2 Å². The van der Waals surface area contributed by atoms with Gasteiger partial charge in [0.1, 0.15) is 23.1 Å². The molecule has 6 nitrogen and oxygen atoms in total. The van der Waals surface area contributed by atoms with E-state index in [-0.39, 0.29) is 36.6 Å². The van der Waals surface area contributed by atoms with Crippen LogP contribution < -0.4 is 0 Å². The highest BCUT2D eigenvalue weighted by molar-refractivity contribution is 7.85. The molecule has 0 heterocycles. The molecular formula is C21H30O6S. The summed E-state index contributed by atoms with van der Waals surface area (Å²) in [7, 11) is -1.40. The first-order valence-electron chi connectivity index (χ1n) is 9.29. The number of benzene rings is 1. The molecule has 0 bridgehead atoms. The van der Waals surface area contributed by atoms with Crippen LogP contribution in [0, 0.1) is 12.8 Å². The minimum Gasteiger partial charge on any atom is -0.459 e. The lowest BCUT2D eigenvalue weighted by Crippen LogP contribution is -2.31. The van der Waals surface area contributed by atoms with Gasteiger partial charge in [-0.05, 0) is 46.8 Å². The number of carbonyl (C=O) groups is 3.